The van der Waals surface area contributed by atoms with Gasteiger partial charge >= 0.3 is 12.1 Å². The van der Waals surface area contributed by atoms with Crippen molar-refractivity contribution in [1.29, 1.82) is 0 Å². The van der Waals surface area contributed by atoms with Gasteiger partial charge in [0, 0.05) is 31.4 Å². The number of alkyl halides is 3. The molecule has 0 amide bonds. The van der Waals surface area contributed by atoms with Gasteiger partial charge in [-0.25, -0.2) is 8.42 Å². The fraction of sp³-hybridized carbons (Fsp3) is 0.280. The number of halogens is 3. The van der Waals surface area contributed by atoms with Gasteiger partial charge < -0.3 is 5.11 Å². The lowest BCUT2D eigenvalue weighted by Gasteiger charge is -2.30. The lowest BCUT2D eigenvalue weighted by molar-refractivity contribution is -0.140. The van der Waals surface area contributed by atoms with E-state index >= 15 is 0 Å². The molecule has 1 aromatic heterocycles. The molecule has 1 heterocycles. The Labute approximate surface area is 202 Å². The SMILES string of the molecule is Cc1cnccc1-c1cccc([C@H](C)N(CCCC(=O)O)S(=O)(=O)c2ccccc2C(F)(F)F)c1. The molecular formula is C25H25F3N2O4S. The van der Waals surface area contributed by atoms with Gasteiger partial charge in [0.2, 0.25) is 10.0 Å². The summed E-state index contributed by atoms with van der Waals surface area (Å²) in [5.41, 5.74) is 1.88. The number of aromatic nitrogens is 1. The van der Waals surface area contributed by atoms with Gasteiger partial charge in [-0.15, -0.1) is 0 Å². The zero-order chi connectivity index (χ0) is 25.8. The predicted octanol–water partition coefficient (Wildman–Crippen LogP) is 5.69. The van der Waals surface area contributed by atoms with Gasteiger partial charge in [-0.2, -0.15) is 17.5 Å². The first kappa shape index (κ1) is 26.4. The molecule has 0 aliphatic heterocycles. The average molecular weight is 507 g/mol. The molecule has 3 aromatic rings. The molecule has 0 radical (unpaired) electrons. The van der Waals surface area contributed by atoms with E-state index in [1.165, 1.54) is 6.07 Å². The lowest BCUT2D eigenvalue weighted by atomic mass is 9.98. The second-order valence-electron chi connectivity index (χ2n) is 8.10. The Morgan fingerprint density at radius 3 is 2.49 bits per heavy atom. The Morgan fingerprint density at radius 2 is 1.83 bits per heavy atom. The van der Waals surface area contributed by atoms with Crippen LogP contribution in [0.1, 0.15) is 42.5 Å². The monoisotopic (exact) mass is 506 g/mol. The van der Waals surface area contributed by atoms with Crippen molar-refractivity contribution >= 4 is 16.0 Å². The summed E-state index contributed by atoms with van der Waals surface area (Å²) in [4.78, 5) is 14.2. The number of hydrogen-bond donors (Lipinski definition) is 1. The number of sulfonamides is 1. The summed E-state index contributed by atoms with van der Waals surface area (Å²) in [5.74, 6) is -1.12. The first-order valence-corrected chi connectivity index (χ1v) is 12.3. The lowest BCUT2D eigenvalue weighted by Crippen LogP contribution is -2.36. The number of nitrogens with zero attached hydrogens (tertiary/aromatic N) is 2. The minimum absolute atomic E-state index is 0.0593. The van der Waals surface area contributed by atoms with Gasteiger partial charge in [-0.3, -0.25) is 9.78 Å². The summed E-state index contributed by atoms with van der Waals surface area (Å²) in [6.45, 7) is 3.20. The van der Waals surface area contributed by atoms with Crippen molar-refractivity contribution in [3.63, 3.8) is 0 Å². The average Bonchev–Trinajstić information content (AvgIpc) is 2.81. The number of benzene rings is 2. The standard InChI is InChI=1S/C25H25F3N2O4S/c1-17-16-29-13-12-21(17)20-8-5-7-19(15-20)18(2)30(14-6-11-24(31)32)35(33,34)23-10-4-3-9-22(23)25(26,27)28/h3-5,7-10,12-13,15-16,18H,6,11,14H2,1-2H3,(H,31,32)/t18-/m0/s1. The number of aliphatic carboxylic acids is 1. The van der Waals surface area contributed by atoms with E-state index in [2.05, 4.69) is 4.98 Å². The van der Waals surface area contributed by atoms with Crippen LogP contribution in [-0.4, -0.2) is 35.3 Å². The largest absolute Gasteiger partial charge is 0.481 e. The van der Waals surface area contributed by atoms with Gasteiger partial charge in [-0.05, 0) is 66.8 Å². The van der Waals surface area contributed by atoms with Crippen molar-refractivity contribution in [2.45, 2.75) is 43.8 Å². The quantitative estimate of drug-likeness (QED) is 0.403. The second kappa shape index (κ2) is 10.6. The minimum atomic E-state index is -4.88. The van der Waals surface area contributed by atoms with Gasteiger partial charge in [0.25, 0.3) is 0 Å². The summed E-state index contributed by atoms with van der Waals surface area (Å²) < 4.78 is 69.0. The highest BCUT2D eigenvalue weighted by Gasteiger charge is 2.40. The van der Waals surface area contributed by atoms with Crippen LogP contribution in [0.5, 0.6) is 0 Å². The van der Waals surface area contributed by atoms with Gasteiger partial charge in [0.05, 0.1) is 10.5 Å². The number of carboxylic acids is 1. The molecule has 2 aromatic carbocycles. The summed E-state index contributed by atoms with van der Waals surface area (Å²) >= 11 is 0. The molecule has 0 fully saturated rings. The number of pyridine rings is 1. The maximum Gasteiger partial charge on any atom is 0.417 e. The van der Waals surface area contributed by atoms with Crippen LogP contribution in [0.15, 0.2) is 71.9 Å². The summed E-state index contributed by atoms with van der Waals surface area (Å²) in [7, 11) is -4.64. The van der Waals surface area contributed by atoms with Crippen LogP contribution in [0.3, 0.4) is 0 Å². The molecule has 0 spiro atoms. The maximum absolute atomic E-state index is 13.6. The predicted molar refractivity (Wildman–Crippen MR) is 125 cm³/mol. The summed E-state index contributed by atoms with van der Waals surface area (Å²) in [6, 6.07) is 12.0. The van der Waals surface area contributed by atoms with E-state index in [-0.39, 0.29) is 19.4 Å². The molecule has 186 valence electrons. The second-order valence-corrected chi connectivity index (χ2v) is 9.96. The van der Waals surface area contributed by atoms with Crippen LogP contribution >= 0.6 is 0 Å². The van der Waals surface area contributed by atoms with Crippen LogP contribution in [0, 0.1) is 6.92 Å². The fourth-order valence-corrected chi connectivity index (χ4v) is 5.76. The summed E-state index contributed by atoms with van der Waals surface area (Å²) in [5, 5.41) is 9.02. The number of carboxylic acid groups (broad SMARTS) is 1. The van der Waals surface area contributed by atoms with Crippen molar-refractivity contribution in [3.05, 3.63) is 83.7 Å². The molecule has 0 aliphatic carbocycles. The topological polar surface area (TPSA) is 87.6 Å². The van der Waals surface area contributed by atoms with Crippen molar-refractivity contribution < 1.29 is 31.5 Å². The molecule has 10 heteroatoms. The molecule has 0 bridgehead atoms. The number of carbonyl (C=O) groups is 1. The number of hydrogen-bond acceptors (Lipinski definition) is 4. The van der Waals surface area contributed by atoms with E-state index in [4.69, 9.17) is 5.11 Å². The van der Waals surface area contributed by atoms with Crippen molar-refractivity contribution in [2.24, 2.45) is 0 Å². The first-order valence-electron chi connectivity index (χ1n) is 10.8. The Morgan fingerprint density at radius 1 is 1.11 bits per heavy atom. The van der Waals surface area contributed by atoms with Gasteiger partial charge in [0.15, 0.2) is 0 Å². The van der Waals surface area contributed by atoms with Crippen molar-refractivity contribution in [3.8, 4) is 11.1 Å². The van der Waals surface area contributed by atoms with Gasteiger partial charge in [-0.1, -0.05) is 30.3 Å². The zero-order valence-electron chi connectivity index (χ0n) is 19.2. The molecule has 0 unspecified atom stereocenters. The molecule has 0 saturated carbocycles. The smallest absolute Gasteiger partial charge is 0.417 e. The fourth-order valence-electron chi connectivity index (χ4n) is 3.89. The molecule has 3 rings (SSSR count). The van der Waals surface area contributed by atoms with E-state index in [0.717, 1.165) is 39.2 Å². The molecular weight excluding hydrogens is 481 g/mol. The minimum Gasteiger partial charge on any atom is -0.481 e. The highest BCUT2D eigenvalue weighted by atomic mass is 32.2. The van der Waals surface area contributed by atoms with E-state index < -0.39 is 38.7 Å². The Balaban J connectivity index is 2.08. The molecule has 6 nitrogen and oxygen atoms in total. The maximum atomic E-state index is 13.6. The van der Waals surface area contributed by atoms with Crippen LogP contribution < -0.4 is 0 Å². The Bertz CT molecular complexity index is 1310. The molecule has 1 N–H and O–H groups in total. The first-order chi connectivity index (χ1) is 16.4. The highest BCUT2D eigenvalue weighted by Crippen LogP contribution is 2.38. The van der Waals surface area contributed by atoms with E-state index in [1.54, 1.807) is 37.5 Å². The normalized spacial score (nSPS) is 13.1. The number of rotatable bonds is 9. The zero-order valence-corrected chi connectivity index (χ0v) is 20.0. The molecule has 0 aliphatic rings. The van der Waals surface area contributed by atoms with E-state index in [9.17, 15) is 26.4 Å². The van der Waals surface area contributed by atoms with E-state index in [0.29, 0.717) is 5.56 Å². The van der Waals surface area contributed by atoms with Crippen molar-refractivity contribution in [2.75, 3.05) is 6.54 Å². The van der Waals surface area contributed by atoms with Crippen LogP contribution in [0.25, 0.3) is 11.1 Å². The molecule has 1 atom stereocenters. The van der Waals surface area contributed by atoms with Gasteiger partial charge in [0.1, 0.15) is 0 Å². The Hall–Kier alpha value is -3.24. The number of aryl methyl sites for hydroxylation is 1. The Kier molecular flexibility index (Phi) is 7.97. The van der Waals surface area contributed by atoms with Crippen LogP contribution in [0.4, 0.5) is 13.2 Å². The molecule has 0 saturated heterocycles. The van der Waals surface area contributed by atoms with E-state index in [1.807, 2.05) is 19.1 Å². The summed E-state index contributed by atoms with van der Waals surface area (Å²) in [6.07, 6.45) is -1.93. The third-order valence-electron chi connectivity index (χ3n) is 5.68. The highest BCUT2D eigenvalue weighted by molar-refractivity contribution is 7.89. The van der Waals surface area contributed by atoms with Crippen molar-refractivity contribution in [1.82, 2.24) is 9.29 Å². The van der Waals surface area contributed by atoms with Crippen LogP contribution in [-0.2, 0) is 21.0 Å². The van der Waals surface area contributed by atoms with Crippen LogP contribution in [0.2, 0.25) is 0 Å². The third-order valence-corrected chi connectivity index (χ3v) is 7.71. The third kappa shape index (κ3) is 6.07. The molecule has 35 heavy (non-hydrogen) atoms.